The Morgan fingerprint density at radius 3 is 2.25 bits per heavy atom. The lowest BCUT2D eigenvalue weighted by Gasteiger charge is -2.20. The van der Waals surface area contributed by atoms with Crippen LogP contribution >= 0.6 is 0 Å². The zero-order valence-corrected chi connectivity index (χ0v) is 9.50. The van der Waals surface area contributed by atoms with Crippen LogP contribution in [0.15, 0.2) is 0 Å². The molecule has 16 heavy (non-hydrogen) atoms. The quantitative estimate of drug-likeness (QED) is 0.535. The molecule has 0 radical (unpaired) electrons. The molecule has 0 amide bonds. The van der Waals surface area contributed by atoms with Crippen molar-refractivity contribution in [3.05, 3.63) is 28.6 Å². The maximum absolute atomic E-state index is 13.7. The smallest absolute Gasteiger partial charge is 0.196 e. The van der Waals surface area contributed by atoms with Gasteiger partial charge in [-0.2, -0.15) is 0 Å². The normalized spacial score (nSPS) is 22.2. The molecule has 1 unspecified atom stereocenters. The van der Waals surface area contributed by atoms with Gasteiger partial charge in [-0.1, -0.05) is 20.8 Å². The van der Waals surface area contributed by atoms with Gasteiger partial charge in [0.25, 0.3) is 0 Å². The monoisotopic (exact) mass is 229 g/mol. The van der Waals surface area contributed by atoms with Crippen molar-refractivity contribution in [2.24, 2.45) is 0 Å². The summed E-state index contributed by atoms with van der Waals surface area (Å²) in [6, 6.07) is 0. The Kier molecular flexibility index (Phi) is 2.23. The topological polar surface area (TPSA) is 26.0 Å². The van der Waals surface area contributed by atoms with E-state index in [0.29, 0.717) is 12.0 Å². The van der Waals surface area contributed by atoms with Crippen molar-refractivity contribution in [1.82, 2.24) is 0 Å². The molecule has 1 aliphatic carbocycles. The van der Waals surface area contributed by atoms with Crippen molar-refractivity contribution in [3.8, 4) is 0 Å². The predicted molar refractivity (Wildman–Crippen MR) is 56.8 cm³/mol. The van der Waals surface area contributed by atoms with E-state index < -0.39 is 22.9 Å². The number of halogens is 3. The average molecular weight is 229 g/mol. The highest BCUT2D eigenvalue weighted by Crippen LogP contribution is 2.50. The Morgan fingerprint density at radius 2 is 1.69 bits per heavy atom. The van der Waals surface area contributed by atoms with E-state index in [4.69, 9.17) is 5.73 Å². The summed E-state index contributed by atoms with van der Waals surface area (Å²) in [6.45, 7) is 5.48. The van der Waals surface area contributed by atoms with Gasteiger partial charge in [-0.15, -0.1) is 0 Å². The van der Waals surface area contributed by atoms with Crippen molar-refractivity contribution in [3.63, 3.8) is 0 Å². The zero-order valence-electron chi connectivity index (χ0n) is 9.50. The van der Waals surface area contributed by atoms with Crippen molar-refractivity contribution < 1.29 is 13.2 Å². The molecule has 1 aliphatic rings. The summed E-state index contributed by atoms with van der Waals surface area (Å²) < 4.78 is 40.4. The van der Waals surface area contributed by atoms with Gasteiger partial charge in [0, 0.05) is 5.56 Å². The molecule has 0 aromatic heterocycles. The SMILES string of the molecule is CC1CC(C)(C)c2c(F)c(F)c(F)c(N)c21. The van der Waals surface area contributed by atoms with Crippen molar-refractivity contribution in [1.29, 1.82) is 0 Å². The van der Waals surface area contributed by atoms with Crippen LogP contribution in [0.4, 0.5) is 18.9 Å². The van der Waals surface area contributed by atoms with E-state index in [1.165, 1.54) is 0 Å². The molecule has 1 aromatic carbocycles. The van der Waals surface area contributed by atoms with Gasteiger partial charge in [0.1, 0.15) is 0 Å². The zero-order chi connectivity index (χ0) is 12.2. The van der Waals surface area contributed by atoms with Crippen LogP contribution in [0, 0.1) is 17.5 Å². The second-order valence-electron chi connectivity index (χ2n) is 5.13. The highest BCUT2D eigenvalue weighted by Gasteiger charge is 2.41. The fourth-order valence-corrected chi connectivity index (χ4v) is 2.84. The number of rotatable bonds is 0. The van der Waals surface area contributed by atoms with E-state index in [0.717, 1.165) is 0 Å². The fraction of sp³-hybridized carbons (Fsp3) is 0.500. The standard InChI is InChI=1S/C12H14F3N/c1-5-4-12(2,3)7-6(5)11(16)10(15)9(14)8(7)13/h5H,4,16H2,1-3H3. The van der Waals surface area contributed by atoms with Crippen molar-refractivity contribution >= 4 is 5.69 Å². The van der Waals surface area contributed by atoms with Crippen molar-refractivity contribution in [2.45, 2.75) is 38.5 Å². The number of nitrogen functional groups attached to an aromatic ring is 1. The first-order chi connectivity index (χ1) is 7.27. The van der Waals surface area contributed by atoms with Crippen LogP contribution in [0.2, 0.25) is 0 Å². The van der Waals surface area contributed by atoms with E-state index in [9.17, 15) is 13.2 Å². The lowest BCUT2D eigenvalue weighted by atomic mass is 9.85. The minimum absolute atomic E-state index is 0.0467. The second kappa shape index (κ2) is 3.15. The molecule has 0 heterocycles. The number of anilines is 1. The molecule has 0 aliphatic heterocycles. The van der Waals surface area contributed by atoms with Gasteiger partial charge in [-0.25, -0.2) is 13.2 Å². The molecule has 0 fully saturated rings. The fourth-order valence-electron chi connectivity index (χ4n) is 2.84. The molecule has 0 spiro atoms. The molecule has 4 heteroatoms. The van der Waals surface area contributed by atoms with E-state index in [1.807, 2.05) is 20.8 Å². The van der Waals surface area contributed by atoms with Gasteiger partial charge >= 0.3 is 0 Å². The highest BCUT2D eigenvalue weighted by molar-refractivity contribution is 5.59. The van der Waals surface area contributed by atoms with Crippen LogP contribution < -0.4 is 5.73 Å². The van der Waals surface area contributed by atoms with Crippen LogP contribution in [0.3, 0.4) is 0 Å². The molecular formula is C12H14F3N. The second-order valence-corrected chi connectivity index (χ2v) is 5.13. The van der Waals surface area contributed by atoms with Crippen LogP contribution in [0.5, 0.6) is 0 Å². The van der Waals surface area contributed by atoms with E-state index >= 15 is 0 Å². The van der Waals surface area contributed by atoms with Gasteiger partial charge in [-0.05, 0) is 23.3 Å². The van der Waals surface area contributed by atoms with Crippen LogP contribution in [-0.2, 0) is 5.41 Å². The Hall–Kier alpha value is -1.19. The molecule has 1 nitrogen and oxygen atoms in total. The van der Waals surface area contributed by atoms with Crippen LogP contribution in [-0.4, -0.2) is 0 Å². The van der Waals surface area contributed by atoms with Gasteiger partial charge < -0.3 is 5.73 Å². The Labute approximate surface area is 92.5 Å². The Balaban J connectivity index is 2.86. The van der Waals surface area contributed by atoms with E-state index in [1.54, 1.807) is 0 Å². The lowest BCUT2D eigenvalue weighted by molar-refractivity contribution is 0.420. The van der Waals surface area contributed by atoms with Gasteiger partial charge in [0.05, 0.1) is 5.69 Å². The minimum atomic E-state index is -1.46. The summed E-state index contributed by atoms with van der Waals surface area (Å²) in [7, 11) is 0. The molecule has 1 atom stereocenters. The molecular weight excluding hydrogens is 215 g/mol. The first kappa shape index (κ1) is 11.3. The number of hydrogen-bond acceptors (Lipinski definition) is 1. The third-order valence-electron chi connectivity index (χ3n) is 3.39. The number of benzene rings is 1. The molecule has 0 saturated carbocycles. The van der Waals surface area contributed by atoms with E-state index in [-0.39, 0.29) is 17.2 Å². The highest BCUT2D eigenvalue weighted by atomic mass is 19.2. The summed E-state index contributed by atoms with van der Waals surface area (Å²) in [5, 5.41) is 0. The predicted octanol–water partition coefficient (Wildman–Crippen LogP) is 3.47. The number of fused-ring (bicyclic) bond motifs is 1. The molecule has 88 valence electrons. The summed E-state index contributed by atoms with van der Waals surface area (Å²) >= 11 is 0. The molecule has 2 N–H and O–H groups in total. The average Bonchev–Trinajstić information content (AvgIpc) is 2.42. The molecule has 2 rings (SSSR count). The molecule has 0 saturated heterocycles. The number of hydrogen-bond donors (Lipinski definition) is 1. The van der Waals surface area contributed by atoms with Crippen LogP contribution in [0.25, 0.3) is 0 Å². The van der Waals surface area contributed by atoms with Gasteiger partial charge in [0.15, 0.2) is 17.5 Å². The van der Waals surface area contributed by atoms with Crippen molar-refractivity contribution in [2.75, 3.05) is 5.73 Å². The third-order valence-corrected chi connectivity index (χ3v) is 3.39. The first-order valence-electron chi connectivity index (χ1n) is 5.23. The molecule has 0 bridgehead atoms. The minimum Gasteiger partial charge on any atom is -0.396 e. The number of nitrogens with two attached hydrogens (primary N) is 1. The summed E-state index contributed by atoms with van der Waals surface area (Å²) in [6.07, 6.45) is 0.645. The summed E-state index contributed by atoms with van der Waals surface area (Å²) in [5.74, 6) is -3.86. The van der Waals surface area contributed by atoms with Gasteiger partial charge in [0.2, 0.25) is 0 Å². The van der Waals surface area contributed by atoms with E-state index in [2.05, 4.69) is 0 Å². The third kappa shape index (κ3) is 1.25. The Morgan fingerprint density at radius 1 is 1.12 bits per heavy atom. The maximum Gasteiger partial charge on any atom is 0.196 e. The lowest BCUT2D eigenvalue weighted by Crippen LogP contribution is -2.16. The summed E-state index contributed by atoms with van der Waals surface area (Å²) in [5.41, 5.74) is 5.46. The van der Waals surface area contributed by atoms with Gasteiger partial charge in [-0.3, -0.25) is 0 Å². The maximum atomic E-state index is 13.7. The van der Waals surface area contributed by atoms with Crippen LogP contribution in [0.1, 0.15) is 44.2 Å². The molecule has 1 aromatic rings. The summed E-state index contributed by atoms with van der Waals surface area (Å²) in [4.78, 5) is 0. The first-order valence-corrected chi connectivity index (χ1v) is 5.23. The largest absolute Gasteiger partial charge is 0.396 e. The Bertz CT molecular complexity index is 466.